The summed E-state index contributed by atoms with van der Waals surface area (Å²) in [7, 11) is 0. The van der Waals surface area contributed by atoms with Crippen molar-refractivity contribution in [1.29, 1.82) is 0 Å². The number of aliphatic hydroxyl groups excluding tert-OH is 2. The van der Waals surface area contributed by atoms with Crippen LogP contribution in [0, 0.1) is 23.7 Å². The van der Waals surface area contributed by atoms with Crippen LogP contribution in [0.3, 0.4) is 0 Å². The van der Waals surface area contributed by atoms with E-state index in [0.717, 1.165) is 18.6 Å². The molecular weight excluding hydrogens is 324 g/mol. The first-order chi connectivity index (χ1) is 12.6. The molecule has 1 aromatic carbocycles. The predicted octanol–water partition coefficient (Wildman–Crippen LogP) is 3.83. The van der Waals surface area contributed by atoms with Gasteiger partial charge in [-0.1, -0.05) is 50.6 Å². The van der Waals surface area contributed by atoms with E-state index >= 15 is 0 Å². The minimum Gasteiger partial charge on any atom is -0.489 e. The first-order valence-corrected chi connectivity index (χ1v) is 9.79. The van der Waals surface area contributed by atoms with Crippen molar-refractivity contribution in [2.45, 2.75) is 70.7 Å². The van der Waals surface area contributed by atoms with Gasteiger partial charge in [-0.3, -0.25) is 0 Å². The molecule has 3 heteroatoms. The molecule has 3 rings (SSSR count). The highest BCUT2D eigenvalue weighted by atomic mass is 16.5. The molecular formula is C23H30O3. The second-order valence-corrected chi connectivity index (χ2v) is 7.63. The minimum atomic E-state index is -0.546. The van der Waals surface area contributed by atoms with Crippen LogP contribution in [-0.4, -0.2) is 28.5 Å². The summed E-state index contributed by atoms with van der Waals surface area (Å²) in [6.07, 6.45) is 6.32. The van der Waals surface area contributed by atoms with Crippen molar-refractivity contribution in [3.8, 4) is 17.6 Å². The third-order valence-electron chi connectivity index (χ3n) is 5.72. The van der Waals surface area contributed by atoms with Crippen LogP contribution in [0.15, 0.2) is 30.4 Å². The van der Waals surface area contributed by atoms with E-state index in [-0.39, 0.29) is 23.9 Å². The molecule has 0 amide bonds. The van der Waals surface area contributed by atoms with Gasteiger partial charge in [-0.05, 0) is 24.8 Å². The van der Waals surface area contributed by atoms with Gasteiger partial charge < -0.3 is 14.9 Å². The summed E-state index contributed by atoms with van der Waals surface area (Å²) in [6.45, 7) is 5.99. The first-order valence-electron chi connectivity index (χ1n) is 9.79. The van der Waals surface area contributed by atoms with Gasteiger partial charge in [0, 0.05) is 30.2 Å². The van der Waals surface area contributed by atoms with Crippen LogP contribution < -0.4 is 4.74 Å². The molecule has 140 valence electrons. The van der Waals surface area contributed by atoms with E-state index in [1.165, 1.54) is 11.1 Å². The molecule has 1 aromatic rings. The number of benzene rings is 1. The summed E-state index contributed by atoms with van der Waals surface area (Å²) in [5.74, 6) is 7.16. The zero-order valence-corrected chi connectivity index (χ0v) is 16.0. The maximum Gasteiger partial charge on any atom is 0.126 e. The number of aliphatic hydroxyl groups is 2. The van der Waals surface area contributed by atoms with Crippen LogP contribution in [0.25, 0.3) is 0 Å². The number of hydrogen-bond acceptors (Lipinski definition) is 3. The van der Waals surface area contributed by atoms with Gasteiger partial charge in [0.1, 0.15) is 11.9 Å². The fraction of sp³-hybridized carbons (Fsp3) is 0.565. The molecule has 1 aliphatic carbocycles. The van der Waals surface area contributed by atoms with Gasteiger partial charge in [0.15, 0.2) is 0 Å². The number of hydrogen-bond donors (Lipinski definition) is 2. The summed E-state index contributed by atoms with van der Waals surface area (Å²) >= 11 is 0. The van der Waals surface area contributed by atoms with E-state index in [0.29, 0.717) is 12.8 Å². The summed E-state index contributed by atoms with van der Waals surface area (Å²) < 4.78 is 6.25. The van der Waals surface area contributed by atoms with Gasteiger partial charge in [-0.15, -0.1) is 11.8 Å². The monoisotopic (exact) mass is 354 g/mol. The lowest BCUT2D eigenvalue weighted by Gasteiger charge is -2.19. The molecule has 3 nitrogen and oxygen atoms in total. The molecule has 1 aliphatic heterocycles. The Morgan fingerprint density at radius 3 is 2.92 bits per heavy atom. The summed E-state index contributed by atoms with van der Waals surface area (Å²) in [5.41, 5.74) is 2.48. The maximum atomic E-state index is 10.6. The van der Waals surface area contributed by atoms with Gasteiger partial charge in [0.2, 0.25) is 0 Å². The highest BCUT2D eigenvalue weighted by Crippen LogP contribution is 2.52. The van der Waals surface area contributed by atoms with Gasteiger partial charge >= 0.3 is 0 Å². The zero-order chi connectivity index (χ0) is 18.7. The predicted molar refractivity (Wildman–Crippen MR) is 104 cm³/mol. The van der Waals surface area contributed by atoms with E-state index < -0.39 is 12.2 Å². The van der Waals surface area contributed by atoms with Gasteiger partial charge in [-0.2, -0.15) is 0 Å². The SMILES string of the molecule is CC#CC[C@H](C)[C@H](O)C=C[C@@H]1[C@H]2c3cccc(CCC)c3O[C@H]2C[C@H]1O. The van der Waals surface area contributed by atoms with Crippen molar-refractivity contribution in [2.75, 3.05) is 0 Å². The van der Waals surface area contributed by atoms with Crippen molar-refractivity contribution in [3.63, 3.8) is 0 Å². The Balaban J connectivity index is 1.79. The molecule has 1 heterocycles. The molecule has 0 aromatic heterocycles. The fourth-order valence-corrected chi connectivity index (χ4v) is 4.25. The second-order valence-electron chi connectivity index (χ2n) is 7.63. The van der Waals surface area contributed by atoms with Crippen LogP contribution in [-0.2, 0) is 6.42 Å². The smallest absolute Gasteiger partial charge is 0.126 e. The van der Waals surface area contributed by atoms with E-state index in [4.69, 9.17) is 4.74 Å². The Labute approximate surface area is 157 Å². The van der Waals surface area contributed by atoms with Gasteiger partial charge in [0.25, 0.3) is 0 Å². The topological polar surface area (TPSA) is 49.7 Å². The number of para-hydroxylation sites is 1. The van der Waals surface area contributed by atoms with Crippen LogP contribution in [0.4, 0.5) is 0 Å². The average molecular weight is 354 g/mol. The average Bonchev–Trinajstić information content (AvgIpc) is 3.13. The Kier molecular flexibility index (Phi) is 6.06. The molecule has 6 atom stereocenters. The molecule has 0 spiro atoms. The Hall–Kier alpha value is -1.76. The van der Waals surface area contributed by atoms with Crippen molar-refractivity contribution >= 4 is 0 Å². The lowest BCUT2D eigenvalue weighted by atomic mass is 9.86. The lowest BCUT2D eigenvalue weighted by Crippen LogP contribution is -2.19. The maximum absolute atomic E-state index is 10.6. The number of aryl methyl sites for hydroxylation is 1. The van der Waals surface area contributed by atoms with E-state index in [2.05, 4.69) is 37.0 Å². The zero-order valence-electron chi connectivity index (χ0n) is 16.0. The minimum absolute atomic E-state index is 0.0164. The molecule has 0 unspecified atom stereocenters. The van der Waals surface area contributed by atoms with Gasteiger partial charge in [0.05, 0.1) is 12.2 Å². The Bertz CT molecular complexity index is 712. The molecule has 0 saturated heterocycles. The highest BCUT2D eigenvalue weighted by Gasteiger charge is 2.48. The van der Waals surface area contributed by atoms with Crippen molar-refractivity contribution < 1.29 is 14.9 Å². The standard InChI is InChI=1S/C23H30O3/c1-4-6-9-15(3)19(24)13-12-17-20(25)14-21-22(17)18-11-7-10-16(8-5-2)23(18)26-21/h7,10-13,15,17,19-22,24-25H,5,8-9,14H2,1-3H3/t15-,17-,19+,20+,21-,22-/m0/s1. The molecule has 0 bridgehead atoms. The quantitative estimate of drug-likeness (QED) is 0.603. The highest BCUT2D eigenvalue weighted by molar-refractivity contribution is 5.49. The molecule has 1 saturated carbocycles. The summed E-state index contributed by atoms with van der Waals surface area (Å²) in [4.78, 5) is 0. The Morgan fingerprint density at radius 1 is 1.38 bits per heavy atom. The number of fused-ring (bicyclic) bond motifs is 3. The van der Waals surface area contributed by atoms with Crippen molar-refractivity contribution in [1.82, 2.24) is 0 Å². The van der Waals surface area contributed by atoms with Crippen LogP contribution in [0.2, 0.25) is 0 Å². The molecule has 26 heavy (non-hydrogen) atoms. The lowest BCUT2D eigenvalue weighted by molar-refractivity contribution is 0.134. The number of rotatable bonds is 6. The van der Waals surface area contributed by atoms with Crippen LogP contribution in [0.1, 0.15) is 57.1 Å². The van der Waals surface area contributed by atoms with Crippen LogP contribution in [0.5, 0.6) is 5.75 Å². The van der Waals surface area contributed by atoms with Crippen molar-refractivity contribution in [2.24, 2.45) is 11.8 Å². The second kappa shape index (κ2) is 8.29. The molecule has 2 N–H and O–H groups in total. The normalized spacial score (nSPS) is 28.8. The number of ether oxygens (including phenoxy) is 1. The summed E-state index contributed by atoms with van der Waals surface area (Å²) in [5, 5.41) is 20.9. The summed E-state index contributed by atoms with van der Waals surface area (Å²) in [6, 6.07) is 6.38. The molecule has 0 radical (unpaired) electrons. The molecule has 2 aliphatic rings. The third-order valence-corrected chi connectivity index (χ3v) is 5.72. The van der Waals surface area contributed by atoms with E-state index in [1.54, 1.807) is 0 Å². The van der Waals surface area contributed by atoms with Gasteiger partial charge in [-0.25, -0.2) is 0 Å². The fourth-order valence-electron chi connectivity index (χ4n) is 4.25. The molecule has 1 fully saturated rings. The first kappa shape index (κ1) is 19.0. The third kappa shape index (κ3) is 3.68. The van der Waals surface area contributed by atoms with Crippen LogP contribution >= 0.6 is 0 Å². The van der Waals surface area contributed by atoms with Crippen molar-refractivity contribution in [3.05, 3.63) is 41.5 Å². The van der Waals surface area contributed by atoms with E-state index in [1.807, 2.05) is 26.0 Å². The largest absolute Gasteiger partial charge is 0.489 e. The van der Waals surface area contributed by atoms with E-state index in [9.17, 15) is 10.2 Å². The Morgan fingerprint density at radius 2 is 2.19 bits per heavy atom.